The Kier molecular flexibility index (Phi) is 3.89. The van der Waals surface area contributed by atoms with Crippen molar-refractivity contribution in [2.24, 2.45) is 0 Å². The molecule has 1 aromatic heterocycles. The van der Waals surface area contributed by atoms with Crippen LogP contribution in [0.2, 0.25) is 0 Å². The number of alkyl halides is 3. The van der Waals surface area contributed by atoms with Crippen LogP contribution in [0.15, 0.2) is 6.20 Å². The average Bonchev–Trinajstić information content (AvgIpc) is 3.20. The van der Waals surface area contributed by atoms with Crippen LogP contribution in [0.4, 0.5) is 13.2 Å². The van der Waals surface area contributed by atoms with Gasteiger partial charge in [-0.15, -0.1) is 0 Å². The molecule has 1 aromatic rings. The zero-order valence-electron chi connectivity index (χ0n) is 11.0. The first-order chi connectivity index (χ1) is 9.77. The second kappa shape index (κ2) is 5.34. The Hall–Kier alpha value is -2.12. The molecule has 1 fully saturated rings. The van der Waals surface area contributed by atoms with Gasteiger partial charge in [0.15, 0.2) is 5.69 Å². The topological polar surface area (TPSA) is 76.5 Å². The molecule has 0 amide bonds. The molecule has 8 heteroatoms. The average molecular weight is 303 g/mol. The fourth-order valence-corrected chi connectivity index (χ4v) is 2.12. The van der Waals surface area contributed by atoms with E-state index in [1.807, 2.05) is 0 Å². The Morgan fingerprint density at radius 1 is 1.43 bits per heavy atom. The molecule has 1 N–H and O–H groups in total. The molecule has 114 valence electrons. The molecule has 0 bridgehead atoms. The van der Waals surface area contributed by atoms with Crippen LogP contribution in [0, 0.1) is 0 Å². The number of carboxylic acids is 1. The lowest BCUT2D eigenvalue weighted by atomic mass is 9.96. The van der Waals surface area contributed by atoms with Crippen LogP contribution >= 0.6 is 0 Å². The second-order valence-electron chi connectivity index (χ2n) is 4.61. The number of ether oxygens (including phenoxy) is 1. The van der Waals surface area contributed by atoms with Crippen molar-refractivity contribution in [3.05, 3.63) is 28.6 Å². The monoisotopic (exact) mass is 303 g/mol. The number of rotatable bonds is 4. The molecule has 0 aliphatic heterocycles. The second-order valence-corrected chi connectivity index (χ2v) is 4.61. The molecular weight excluding hydrogens is 291 g/mol. The normalized spacial score (nSPS) is 14.9. The molecule has 0 radical (unpaired) electrons. The molecule has 0 unspecified atom stereocenters. The Labute approximate surface area is 117 Å². The van der Waals surface area contributed by atoms with Crippen molar-refractivity contribution in [1.29, 1.82) is 0 Å². The van der Waals surface area contributed by atoms with Crippen molar-refractivity contribution in [3.8, 4) is 0 Å². The van der Waals surface area contributed by atoms with E-state index >= 15 is 0 Å². The van der Waals surface area contributed by atoms with Gasteiger partial charge in [0.2, 0.25) is 0 Å². The lowest BCUT2D eigenvalue weighted by Crippen LogP contribution is -2.22. The lowest BCUT2D eigenvalue weighted by Gasteiger charge is -2.16. The Morgan fingerprint density at radius 3 is 2.48 bits per heavy atom. The third kappa shape index (κ3) is 2.98. The SMILES string of the molecule is CCOC(=O)c1c(C(F)(F)F)ncc(C(=O)O)c1C1CC1. The van der Waals surface area contributed by atoms with E-state index in [0.29, 0.717) is 19.0 Å². The molecule has 21 heavy (non-hydrogen) atoms. The quantitative estimate of drug-likeness (QED) is 0.865. The van der Waals surface area contributed by atoms with Gasteiger partial charge in [-0.1, -0.05) is 0 Å². The molecule has 0 atom stereocenters. The van der Waals surface area contributed by atoms with Crippen LogP contribution in [0.25, 0.3) is 0 Å². The zero-order chi connectivity index (χ0) is 15.8. The van der Waals surface area contributed by atoms with Gasteiger partial charge in [0, 0.05) is 6.20 Å². The number of aromatic carboxylic acids is 1. The number of pyridine rings is 1. The summed E-state index contributed by atoms with van der Waals surface area (Å²) in [5.41, 5.74) is -2.67. The molecular formula is C13H12F3NO4. The molecule has 0 saturated heterocycles. The number of esters is 1. The van der Waals surface area contributed by atoms with E-state index < -0.39 is 29.4 Å². The standard InChI is InChI=1S/C13H12F3NO4/c1-2-21-12(20)9-8(6-3-4-6)7(11(18)19)5-17-10(9)13(14,15)16/h5-6H,2-4H2,1H3,(H,18,19). The van der Waals surface area contributed by atoms with Gasteiger partial charge >= 0.3 is 18.1 Å². The third-order valence-electron chi connectivity index (χ3n) is 3.08. The van der Waals surface area contributed by atoms with Gasteiger partial charge in [0.25, 0.3) is 0 Å². The fourth-order valence-electron chi connectivity index (χ4n) is 2.12. The summed E-state index contributed by atoms with van der Waals surface area (Å²) in [4.78, 5) is 26.2. The molecule has 1 aliphatic carbocycles. The van der Waals surface area contributed by atoms with Crippen LogP contribution in [0.1, 0.15) is 57.7 Å². The molecule has 1 aliphatic rings. The van der Waals surface area contributed by atoms with E-state index in [1.165, 1.54) is 6.92 Å². The Bertz CT molecular complexity index is 594. The number of hydrogen-bond acceptors (Lipinski definition) is 4. The van der Waals surface area contributed by atoms with E-state index in [4.69, 9.17) is 5.11 Å². The van der Waals surface area contributed by atoms with E-state index in [2.05, 4.69) is 9.72 Å². The summed E-state index contributed by atoms with van der Waals surface area (Å²) in [6.07, 6.45) is -3.13. The van der Waals surface area contributed by atoms with E-state index in [1.54, 1.807) is 0 Å². The summed E-state index contributed by atoms with van der Waals surface area (Å²) < 4.78 is 43.7. The van der Waals surface area contributed by atoms with Gasteiger partial charge in [-0.2, -0.15) is 13.2 Å². The minimum absolute atomic E-state index is 0.114. The summed E-state index contributed by atoms with van der Waals surface area (Å²) in [5.74, 6) is -2.98. The van der Waals surface area contributed by atoms with Gasteiger partial charge < -0.3 is 9.84 Å². The molecule has 1 saturated carbocycles. The van der Waals surface area contributed by atoms with Crippen molar-refractivity contribution < 1.29 is 32.6 Å². The summed E-state index contributed by atoms with van der Waals surface area (Å²) >= 11 is 0. The zero-order valence-corrected chi connectivity index (χ0v) is 11.0. The summed E-state index contributed by atoms with van der Waals surface area (Å²) in [5, 5.41) is 9.10. The molecule has 1 heterocycles. The van der Waals surface area contributed by atoms with Crippen LogP contribution in [0.3, 0.4) is 0 Å². The number of carbonyl (C=O) groups excluding carboxylic acids is 1. The Morgan fingerprint density at radius 2 is 2.05 bits per heavy atom. The first kappa shape index (κ1) is 15.3. The number of aromatic nitrogens is 1. The van der Waals surface area contributed by atoms with Crippen LogP contribution < -0.4 is 0 Å². The number of hydrogen-bond donors (Lipinski definition) is 1. The van der Waals surface area contributed by atoms with Crippen molar-refractivity contribution in [3.63, 3.8) is 0 Å². The maximum Gasteiger partial charge on any atom is 0.434 e. The lowest BCUT2D eigenvalue weighted by molar-refractivity contribution is -0.141. The van der Waals surface area contributed by atoms with Crippen molar-refractivity contribution in [2.75, 3.05) is 6.61 Å². The Balaban J connectivity index is 2.71. The molecule has 0 spiro atoms. The smallest absolute Gasteiger partial charge is 0.434 e. The number of carboxylic acid groups (broad SMARTS) is 1. The molecule has 0 aromatic carbocycles. The highest BCUT2D eigenvalue weighted by atomic mass is 19.4. The van der Waals surface area contributed by atoms with Gasteiger partial charge in [-0.25, -0.2) is 9.59 Å². The maximum atomic E-state index is 13.0. The van der Waals surface area contributed by atoms with Crippen LogP contribution in [-0.2, 0) is 10.9 Å². The maximum absolute atomic E-state index is 13.0. The first-order valence-corrected chi connectivity index (χ1v) is 6.27. The highest BCUT2D eigenvalue weighted by molar-refractivity contribution is 5.98. The largest absolute Gasteiger partial charge is 0.478 e. The van der Waals surface area contributed by atoms with Gasteiger partial charge in [0.05, 0.1) is 17.7 Å². The first-order valence-electron chi connectivity index (χ1n) is 6.27. The van der Waals surface area contributed by atoms with E-state index in [-0.39, 0.29) is 23.7 Å². The van der Waals surface area contributed by atoms with E-state index in [0.717, 1.165) is 0 Å². The van der Waals surface area contributed by atoms with E-state index in [9.17, 15) is 22.8 Å². The van der Waals surface area contributed by atoms with Gasteiger partial charge in [-0.3, -0.25) is 4.98 Å². The molecule has 5 nitrogen and oxygen atoms in total. The number of halogens is 3. The summed E-state index contributed by atoms with van der Waals surface area (Å²) in [6, 6.07) is 0. The number of nitrogens with zero attached hydrogens (tertiary/aromatic N) is 1. The molecule has 2 rings (SSSR count). The van der Waals surface area contributed by atoms with Crippen LogP contribution in [-0.4, -0.2) is 28.6 Å². The minimum Gasteiger partial charge on any atom is -0.478 e. The predicted molar refractivity (Wildman–Crippen MR) is 64.1 cm³/mol. The van der Waals surface area contributed by atoms with Gasteiger partial charge in [0.1, 0.15) is 0 Å². The summed E-state index contributed by atoms with van der Waals surface area (Å²) in [6.45, 7) is 1.34. The van der Waals surface area contributed by atoms with Crippen molar-refractivity contribution in [1.82, 2.24) is 4.98 Å². The van der Waals surface area contributed by atoms with Crippen molar-refractivity contribution in [2.45, 2.75) is 31.9 Å². The predicted octanol–water partition coefficient (Wildman–Crippen LogP) is 2.85. The third-order valence-corrected chi connectivity index (χ3v) is 3.08. The minimum atomic E-state index is -4.86. The van der Waals surface area contributed by atoms with Gasteiger partial charge in [-0.05, 0) is 31.2 Å². The van der Waals surface area contributed by atoms with Crippen molar-refractivity contribution >= 4 is 11.9 Å². The highest BCUT2D eigenvalue weighted by Crippen LogP contribution is 2.46. The fraction of sp³-hybridized carbons (Fsp3) is 0.462. The van der Waals surface area contributed by atoms with Crippen LogP contribution in [0.5, 0.6) is 0 Å². The summed E-state index contributed by atoms with van der Waals surface area (Å²) in [7, 11) is 0. The highest BCUT2D eigenvalue weighted by Gasteiger charge is 2.43. The number of carbonyl (C=O) groups is 2.